The number of hydrogen-bond acceptors (Lipinski definition) is 21. The van der Waals surface area contributed by atoms with Crippen molar-refractivity contribution in [2.45, 2.75) is 120 Å². The molecule has 0 unspecified atom stereocenters. The number of hydrogen-bond donors (Lipinski definition) is 11. The van der Waals surface area contributed by atoms with Gasteiger partial charge in [0, 0.05) is 71.4 Å². The highest BCUT2D eigenvalue weighted by atomic mass is 32.2. The lowest BCUT2D eigenvalue weighted by Gasteiger charge is -2.37. The third kappa shape index (κ3) is 19.1. The number of sulfonamides is 1. The summed E-state index contributed by atoms with van der Waals surface area (Å²) in [5.74, 6) is -6.48. The Hall–Kier alpha value is -11.4. The van der Waals surface area contributed by atoms with E-state index < -0.39 is 124 Å². The molecule has 4 aliphatic heterocycles. The van der Waals surface area contributed by atoms with Crippen LogP contribution in [-0.4, -0.2) is 177 Å². The highest BCUT2D eigenvalue weighted by Gasteiger charge is 2.52. The first kappa shape index (κ1) is 77.2. The fourth-order valence-electron chi connectivity index (χ4n) is 12.4. The van der Waals surface area contributed by atoms with E-state index >= 15 is 0 Å². The van der Waals surface area contributed by atoms with Crippen LogP contribution in [0.1, 0.15) is 101 Å². The molecule has 0 aliphatic carbocycles. The van der Waals surface area contributed by atoms with Gasteiger partial charge in [0.2, 0.25) is 30.1 Å². The monoisotopic (exact) mass is 1490 g/mol. The van der Waals surface area contributed by atoms with E-state index in [4.69, 9.17) is 38.1 Å². The number of likely N-dealkylation sites (tertiary alicyclic amines) is 1. The molecule has 564 valence electrons. The predicted octanol–water partition coefficient (Wildman–Crippen LogP) is 5.38. The number of fused-ring (bicyclic) bond motifs is 6. The van der Waals surface area contributed by atoms with Crippen molar-refractivity contribution in [3.05, 3.63) is 130 Å². The van der Waals surface area contributed by atoms with Gasteiger partial charge in [0.1, 0.15) is 24.7 Å². The first-order chi connectivity index (χ1) is 50.8. The van der Waals surface area contributed by atoms with Crippen LogP contribution in [0.3, 0.4) is 0 Å². The molecule has 9 amide bonds. The second-order valence-corrected chi connectivity index (χ2v) is 27.1. The number of carboxylic acid groups (broad SMARTS) is 2. The molecule has 0 radical (unpaired) electrons. The van der Waals surface area contributed by atoms with E-state index in [9.17, 15) is 71.4 Å². The maximum Gasteiger partial charge on any atom is 0.355 e. The van der Waals surface area contributed by atoms with Gasteiger partial charge in [-0.1, -0.05) is 45.9 Å². The molecule has 35 heteroatoms. The third-order valence-electron chi connectivity index (χ3n) is 17.6. The van der Waals surface area contributed by atoms with Crippen LogP contribution < -0.4 is 62.3 Å². The lowest BCUT2D eigenvalue weighted by atomic mass is 9.85. The molecule has 34 nitrogen and oxygen atoms in total. The average Bonchev–Trinajstić information content (AvgIpc) is 1.45. The zero-order chi connectivity index (χ0) is 75.8. The van der Waals surface area contributed by atoms with Gasteiger partial charge in [0.25, 0.3) is 15.6 Å². The molecule has 0 bridgehead atoms. The van der Waals surface area contributed by atoms with Gasteiger partial charge in [-0.15, -0.1) is 0 Å². The number of carbonyl (C=O) groups is 10. The second kappa shape index (κ2) is 34.9. The normalized spacial score (nSPS) is 16.2. The smallest absolute Gasteiger partial charge is 0.355 e. The molecule has 1 saturated heterocycles. The maximum atomic E-state index is 14.4. The van der Waals surface area contributed by atoms with Crippen molar-refractivity contribution in [3.63, 3.8) is 0 Å². The first-order valence-electron chi connectivity index (χ1n) is 34.3. The van der Waals surface area contributed by atoms with Crippen LogP contribution in [-0.2, 0) is 86.0 Å². The van der Waals surface area contributed by atoms with Gasteiger partial charge < -0.3 is 95.4 Å². The molecule has 0 spiro atoms. The lowest BCUT2D eigenvalue weighted by molar-refractivity contribution is -0.191. The number of rotatable bonds is 34. The Morgan fingerprint density at radius 1 is 0.698 bits per heavy atom. The summed E-state index contributed by atoms with van der Waals surface area (Å²) >= 11 is 0. The molecule has 0 saturated carbocycles. The molecular formula is C71H82N12O22S. The Kier molecular flexibility index (Phi) is 25.4. The van der Waals surface area contributed by atoms with Gasteiger partial charge in [-0.25, -0.2) is 37.4 Å². The Labute approximate surface area is 607 Å². The molecule has 10 rings (SSSR count). The Morgan fingerprint density at radius 3 is 2.04 bits per heavy atom. The summed E-state index contributed by atoms with van der Waals surface area (Å²) < 4.78 is 70.0. The Balaban J connectivity index is 0.608. The van der Waals surface area contributed by atoms with E-state index in [2.05, 4.69) is 47.3 Å². The van der Waals surface area contributed by atoms with E-state index in [0.717, 1.165) is 15.8 Å². The van der Waals surface area contributed by atoms with Gasteiger partial charge in [-0.3, -0.25) is 33.5 Å². The molecule has 11 N–H and O–H groups in total. The predicted molar refractivity (Wildman–Crippen MR) is 379 cm³/mol. The molecule has 6 heterocycles. The van der Waals surface area contributed by atoms with Crippen molar-refractivity contribution in [2.75, 3.05) is 86.7 Å². The van der Waals surface area contributed by atoms with E-state index in [0.29, 0.717) is 53.5 Å². The number of carbonyl (C=O) groups excluding carboxylic acids is 8. The number of urea groups is 3. The summed E-state index contributed by atoms with van der Waals surface area (Å²) in [5, 5.41) is 41.1. The van der Waals surface area contributed by atoms with Crippen molar-refractivity contribution < 1.29 is 99.7 Å². The van der Waals surface area contributed by atoms with Gasteiger partial charge in [0.15, 0.2) is 11.5 Å². The molecule has 4 aromatic carbocycles. The zero-order valence-corrected chi connectivity index (χ0v) is 59.2. The van der Waals surface area contributed by atoms with Crippen molar-refractivity contribution >= 4 is 103 Å². The average molecular weight is 1490 g/mol. The highest BCUT2D eigenvalue weighted by Crippen LogP contribution is 2.43. The van der Waals surface area contributed by atoms with Crippen LogP contribution in [0.25, 0.3) is 22.3 Å². The molecule has 106 heavy (non-hydrogen) atoms. The van der Waals surface area contributed by atoms with Crippen molar-refractivity contribution in [1.82, 2.24) is 41.0 Å². The minimum absolute atomic E-state index is 0.0255. The second-order valence-electron chi connectivity index (χ2n) is 25.5. The fraction of sp³-hybridized carbons (Fsp3) is 0.408. The number of nitrogens with zero attached hydrogens (tertiary/aromatic N) is 3. The number of pyridine rings is 2. The van der Waals surface area contributed by atoms with E-state index in [-0.39, 0.29) is 131 Å². The standard InChI is InChI=1S/C71H82N12O22S/c1-5-20-72-68(94)76-46-11-8-13-48(32-46)106(97,98)81-47-12-7-10-41(30-47)52(35-59(85)86)79-70(96)75-45-17-15-44(16-18-45)74-69(95)73-21-24-100-26-28-101-27-25-99-23-19-58(84)77-53(36-60(87)88)65(91)82-22-9-14-54(82)63(89)80-61(40(3)4)66(92)105-71(6-2)50-33-55-62-43(37-83(55)64(90)49(50)38-102-67(71)93)29-42-31-56-57(104-39-103-56)34-51(42)78-62/h7-8,10-13,15-18,29-34,40,52-54,61,81H,5-6,9,14,19-28,35-39H2,1-4H3,(H,77,84)(H,80,89)(H,85,86)(H,87,88)(H2,72,76,94)(H2,73,74,95)(H2,75,79,96)/t52-,53-,54-,61-,71-/m0/s1. The van der Waals surface area contributed by atoms with Crippen LogP contribution >= 0.6 is 0 Å². The van der Waals surface area contributed by atoms with Crippen molar-refractivity contribution in [2.24, 2.45) is 5.92 Å². The minimum Gasteiger partial charge on any atom is -0.481 e. The van der Waals surface area contributed by atoms with Crippen molar-refractivity contribution in [3.8, 4) is 22.9 Å². The summed E-state index contributed by atoms with van der Waals surface area (Å²) in [6.07, 6.45) is -0.637. The molecule has 1 fully saturated rings. The summed E-state index contributed by atoms with van der Waals surface area (Å²) in [6, 6.07) is 17.4. The minimum atomic E-state index is -4.19. The van der Waals surface area contributed by atoms with Crippen LogP contribution in [0.5, 0.6) is 11.5 Å². The third-order valence-corrected chi connectivity index (χ3v) is 19.0. The lowest BCUT2D eigenvalue weighted by Crippen LogP contribution is -2.57. The number of nitrogens with one attached hydrogen (secondary N) is 9. The number of benzene rings is 4. The van der Waals surface area contributed by atoms with E-state index in [1.807, 2.05) is 13.0 Å². The van der Waals surface area contributed by atoms with Gasteiger partial charge in [-0.2, -0.15) is 0 Å². The largest absolute Gasteiger partial charge is 0.481 e. The van der Waals surface area contributed by atoms with Gasteiger partial charge in [-0.05, 0) is 110 Å². The quantitative estimate of drug-likeness (QED) is 0.0178. The molecular weight excluding hydrogens is 1400 g/mol. The first-order valence-corrected chi connectivity index (χ1v) is 35.8. The highest BCUT2D eigenvalue weighted by molar-refractivity contribution is 7.92. The Bertz CT molecular complexity index is 4520. The van der Waals surface area contributed by atoms with E-state index in [1.165, 1.54) is 77.4 Å². The summed E-state index contributed by atoms with van der Waals surface area (Å²) in [6.45, 7) is 7.63. The molecule has 6 aromatic rings. The zero-order valence-electron chi connectivity index (χ0n) is 58.4. The molecule has 2 aromatic heterocycles. The number of amides is 9. The number of anilines is 4. The topological polar surface area (TPSA) is 456 Å². The summed E-state index contributed by atoms with van der Waals surface area (Å²) in [7, 11) is -4.19. The van der Waals surface area contributed by atoms with Crippen LogP contribution in [0.15, 0.2) is 107 Å². The van der Waals surface area contributed by atoms with Crippen LogP contribution in [0.2, 0.25) is 0 Å². The number of cyclic esters (lactones) is 1. The fourth-order valence-corrected chi connectivity index (χ4v) is 13.4. The maximum absolute atomic E-state index is 14.4. The Morgan fingerprint density at radius 2 is 1.35 bits per heavy atom. The van der Waals surface area contributed by atoms with Gasteiger partial charge >= 0.3 is 42.0 Å². The van der Waals surface area contributed by atoms with Gasteiger partial charge in [0.05, 0.1) is 92.4 Å². The van der Waals surface area contributed by atoms with E-state index in [1.54, 1.807) is 39.0 Å². The molecule has 5 atom stereocenters. The number of aromatic nitrogens is 2. The summed E-state index contributed by atoms with van der Waals surface area (Å²) in [4.78, 5) is 152. The summed E-state index contributed by atoms with van der Waals surface area (Å²) in [5.41, 5.74) is 1.05. The van der Waals surface area contributed by atoms with Crippen molar-refractivity contribution in [1.29, 1.82) is 0 Å². The number of ether oxygens (including phenoxy) is 7. The number of carboxylic acids is 2. The number of esters is 2. The van der Waals surface area contributed by atoms with Crippen LogP contribution in [0, 0.1) is 5.92 Å². The van der Waals surface area contributed by atoms with Crippen LogP contribution in [0.4, 0.5) is 37.1 Å². The SMILES string of the molecule is CCCNC(=O)Nc1cccc(S(=O)(=O)Nc2cccc([C@H](CC(=O)O)NC(=O)Nc3ccc(NC(=O)NCCOCCOCCOCCC(=O)N[C@@H](CC(=O)O)C(=O)N4CCC[C@H]4C(=O)N[C@H](C(=O)O[C@]4(CC)C(=O)OCc5c4cc4n(c5=O)Cc5cc6cc7c(cc6nc5-4)OCO7)C(C)C)cc3)c2)c1. The number of aliphatic carboxylic acids is 2. The molecule has 4 aliphatic rings.